The van der Waals surface area contributed by atoms with Crippen molar-refractivity contribution in [3.8, 4) is 5.75 Å². The Morgan fingerprint density at radius 2 is 1.80 bits per heavy atom. The molecule has 7 nitrogen and oxygen atoms in total. The molecule has 0 aliphatic heterocycles. The number of aryl methyl sites for hydroxylation is 1. The lowest BCUT2D eigenvalue weighted by atomic mass is 10.2. The molecule has 0 atom stereocenters. The zero-order chi connectivity index (χ0) is 21.9. The SMILES string of the molecule is CCCCOc1ccc(C(=O)NCC(=O)OCC(=O)Nc2ccc(C)cc2Cl)cc1. The second kappa shape index (κ2) is 11.8. The summed E-state index contributed by atoms with van der Waals surface area (Å²) in [4.78, 5) is 35.8. The van der Waals surface area contributed by atoms with E-state index in [0.29, 0.717) is 28.6 Å². The Labute approximate surface area is 180 Å². The lowest BCUT2D eigenvalue weighted by Crippen LogP contribution is -2.32. The molecule has 0 bridgehead atoms. The number of rotatable bonds is 10. The summed E-state index contributed by atoms with van der Waals surface area (Å²) in [5.41, 5.74) is 1.77. The fourth-order valence-corrected chi connectivity index (χ4v) is 2.68. The fourth-order valence-electron chi connectivity index (χ4n) is 2.40. The first kappa shape index (κ1) is 23.2. The van der Waals surface area contributed by atoms with E-state index in [4.69, 9.17) is 21.1 Å². The number of ether oxygens (including phenoxy) is 2. The van der Waals surface area contributed by atoms with Crippen molar-refractivity contribution in [2.75, 3.05) is 25.1 Å². The molecule has 0 aliphatic rings. The number of amides is 2. The molecule has 160 valence electrons. The third-order valence-corrected chi connectivity index (χ3v) is 4.35. The number of hydrogen-bond acceptors (Lipinski definition) is 5. The lowest BCUT2D eigenvalue weighted by molar-refractivity contribution is -0.146. The summed E-state index contributed by atoms with van der Waals surface area (Å²) < 4.78 is 10.4. The lowest BCUT2D eigenvalue weighted by Gasteiger charge is -2.09. The van der Waals surface area contributed by atoms with E-state index in [-0.39, 0.29) is 6.54 Å². The van der Waals surface area contributed by atoms with Gasteiger partial charge >= 0.3 is 5.97 Å². The van der Waals surface area contributed by atoms with Crippen molar-refractivity contribution in [1.29, 1.82) is 0 Å². The van der Waals surface area contributed by atoms with Gasteiger partial charge in [-0.25, -0.2) is 0 Å². The van der Waals surface area contributed by atoms with Crippen molar-refractivity contribution in [3.05, 3.63) is 58.6 Å². The largest absolute Gasteiger partial charge is 0.494 e. The van der Waals surface area contributed by atoms with Gasteiger partial charge in [-0.3, -0.25) is 14.4 Å². The molecule has 2 aromatic carbocycles. The van der Waals surface area contributed by atoms with Crippen molar-refractivity contribution in [2.24, 2.45) is 0 Å². The molecule has 0 unspecified atom stereocenters. The predicted molar refractivity (Wildman–Crippen MR) is 115 cm³/mol. The first-order chi connectivity index (χ1) is 14.4. The maximum Gasteiger partial charge on any atom is 0.325 e. The maximum absolute atomic E-state index is 12.1. The molecule has 0 fully saturated rings. The molecule has 30 heavy (non-hydrogen) atoms. The van der Waals surface area contributed by atoms with Gasteiger partial charge in [-0.05, 0) is 55.3 Å². The third kappa shape index (κ3) is 7.75. The number of nitrogens with one attached hydrogen (secondary N) is 2. The number of unbranched alkanes of at least 4 members (excludes halogenated alkanes) is 1. The van der Waals surface area contributed by atoms with Gasteiger partial charge in [-0.2, -0.15) is 0 Å². The Morgan fingerprint density at radius 3 is 2.47 bits per heavy atom. The first-order valence-electron chi connectivity index (χ1n) is 9.61. The van der Waals surface area contributed by atoms with E-state index in [0.717, 1.165) is 18.4 Å². The van der Waals surface area contributed by atoms with E-state index < -0.39 is 24.4 Å². The number of carbonyl (C=O) groups is 3. The Morgan fingerprint density at radius 1 is 1.07 bits per heavy atom. The summed E-state index contributed by atoms with van der Waals surface area (Å²) in [5.74, 6) is -1.01. The van der Waals surface area contributed by atoms with Crippen LogP contribution in [0.5, 0.6) is 5.75 Å². The summed E-state index contributed by atoms with van der Waals surface area (Å²) in [7, 11) is 0. The zero-order valence-electron chi connectivity index (χ0n) is 17.0. The number of halogens is 1. The number of anilines is 1. The van der Waals surface area contributed by atoms with Crippen LogP contribution in [0.25, 0.3) is 0 Å². The van der Waals surface area contributed by atoms with Gasteiger partial charge < -0.3 is 20.1 Å². The molecule has 0 saturated heterocycles. The number of carbonyl (C=O) groups excluding carboxylic acids is 3. The Hall–Kier alpha value is -3.06. The normalized spacial score (nSPS) is 10.2. The summed E-state index contributed by atoms with van der Waals surface area (Å²) in [6.45, 7) is 3.74. The summed E-state index contributed by atoms with van der Waals surface area (Å²) >= 11 is 6.04. The van der Waals surface area contributed by atoms with Crippen LogP contribution >= 0.6 is 11.6 Å². The highest BCUT2D eigenvalue weighted by atomic mass is 35.5. The first-order valence-corrected chi connectivity index (χ1v) is 9.99. The average molecular weight is 433 g/mol. The minimum atomic E-state index is -0.729. The van der Waals surface area contributed by atoms with Crippen LogP contribution in [0, 0.1) is 6.92 Å². The third-order valence-electron chi connectivity index (χ3n) is 4.04. The van der Waals surface area contributed by atoms with Crippen molar-refractivity contribution in [2.45, 2.75) is 26.7 Å². The maximum atomic E-state index is 12.1. The van der Waals surface area contributed by atoms with Crippen LogP contribution in [-0.4, -0.2) is 37.5 Å². The fraction of sp³-hybridized carbons (Fsp3) is 0.318. The highest BCUT2D eigenvalue weighted by Crippen LogP contribution is 2.22. The average Bonchev–Trinajstić information content (AvgIpc) is 2.73. The highest BCUT2D eigenvalue weighted by Gasteiger charge is 2.12. The van der Waals surface area contributed by atoms with Gasteiger partial charge in [-0.15, -0.1) is 0 Å². The zero-order valence-corrected chi connectivity index (χ0v) is 17.8. The van der Waals surface area contributed by atoms with E-state index in [9.17, 15) is 14.4 Å². The van der Waals surface area contributed by atoms with Crippen LogP contribution < -0.4 is 15.4 Å². The van der Waals surface area contributed by atoms with E-state index in [2.05, 4.69) is 17.6 Å². The Kier molecular flexibility index (Phi) is 9.15. The molecular formula is C22H25ClN2O5. The standard InChI is InChI=1S/C22H25ClN2O5/c1-3-4-11-29-17-8-6-16(7-9-17)22(28)24-13-21(27)30-14-20(26)25-19-10-5-15(2)12-18(19)23/h5-10,12H,3-4,11,13-14H2,1-2H3,(H,24,28)(H,25,26). The van der Waals surface area contributed by atoms with Gasteiger partial charge in [0.25, 0.3) is 11.8 Å². The molecule has 0 aliphatic carbocycles. The monoisotopic (exact) mass is 432 g/mol. The molecule has 2 rings (SSSR count). The topological polar surface area (TPSA) is 93.7 Å². The second-order valence-electron chi connectivity index (χ2n) is 6.60. The van der Waals surface area contributed by atoms with Crippen LogP contribution in [0.3, 0.4) is 0 Å². The van der Waals surface area contributed by atoms with E-state index >= 15 is 0 Å². The molecule has 0 aromatic heterocycles. The molecule has 2 N–H and O–H groups in total. The van der Waals surface area contributed by atoms with Gasteiger partial charge in [0.15, 0.2) is 6.61 Å². The Bertz CT molecular complexity index is 884. The summed E-state index contributed by atoms with van der Waals surface area (Å²) in [5, 5.41) is 5.40. The molecule has 2 amide bonds. The van der Waals surface area contributed by atoms with Crippen molar-refractivity contribution in [3.63, 3.8) is 0 Å². The predicted octanol–water partition coefficient (Wildman–Crippen LogP) is 3.74. The number of esters is 1. The van der Waals surface area contributed by atoms with E-state index in [1.54, 1.807) is 42.5 Å². The van der Waals surface area contributed by atoms with Crippen molar-refractivity contribution >= 4 is 35.1 Å². The van der Waals surface area contributed by atoms with Crippen molar-refractivity contribution < 1.29 is 23.9 Å². The molecule has 0 radical (unpaired) electrons. The summed E-state index contributed by atoms with van der Waals surface area (Å²) in [6, 6.07) is 11.8. The highest BCUT2D eigenvalue weighted by molar-refractivity contribution is 6.33. The Balaban J connectivity index is 1.72. The van der Waals surface area contributed by atoms with Gasteiger partial charge in [0.2, 0.25) is 0 Å². The van der Waals surface area contributed by atoms with Crippen LogP contribution in [0.15, 0.2) is 42.5 Å². The van der Waals surface area contributed by atoms with Crippen LogP contribution in [0.1, 0.15) is 35.7 Å². The molecule has 2 aromatic rings. The number of hydrogen-bond donors (Lipinski definition) is 2. The van der Waals surface area contributed by atoms with Crippen molar-refractivity contribution in [1.82, 2.24) is 5.32 Å². The van der Waals surface area contributed by atoms with Gasteiger partial charge in [0.05, 0.1) is 17.3 Å². The molecule has 0 spiro atoms. The van der Waals surface area contributed by atoms with Crippen LogP contribution in [-0.2, 0) is 14.3 Å². The van der Waals surface area contributed by atoms with Gasteiger partial charge in [0.1, 0.15) is 12.3 Å². The molecule has 8 heteroatoms. The van der Waals surface area contributed by atoms with E-state index in [1.807, 2.05) is 6.92 Å². The second-order valence-corrected chi connectivity index (χ2v) is 7.01. The smallest absolute Gasteiger partial charge is 0.325 e. The molecular weight excluding hydrogens is 408 g/mol. The minimum Gasteiger partial charge on any atom is -0.494 e. The van der Waals surface area contributed by atoms with Gasteiger partial charge in [-0.1, -0.05) is 31.0 Å². The summed E-state index contributed by atoms with van der Waals surface area (Å²) in [6.07, 6.45) is 2.00. The van der Waals surface area contributed by atoms with Crippen LogP contribution in [0.2, 0.25) is 5.02 Å². The molecule has 0 saturated carbocycles. The van der Waals surface area contributed by atoms with Crippen LogP contribution in [0.4, 0.5) is 5.69 Å². The number of benzene rings is 2. The molecule has 0 heterocycles. The minimum absolute atomic E-state index is 0.355. The van der Waals surface area contributed by atoms with Gasteiger partial charge in [0, 0.05) is 5.56 Å². The quantitative estimate of drug-likeness (QED) is 0.440. The van der Waals surface area contributed by atoms with E-state index in [1.165, 1.54) is 0 Å².